The lowest BCUT2D eigenvalue weighted by atomic mass is 10.0. The first-order chi connectivity index (χ1) is 11.7. The van der Waals surface area contributed by atoms with Crippen LogP contribution in [-0.4, -0.2) is 0 Å². The van der Waals surface area contributed by atoms with Crippen molar-refractivity contribution in [2.45, 2.75) is 0 Å². The molecule has 5 aromatic rings. The van der Waals surface area contributed by atoms with E-state index in [1.54, 1.807) is 6.07 Å². The number of benzene rings is 4. The fourth-order valence-corrected chi connectivity index (χ4v) is 3.44. The van der Waals surface area contributed by atoms with Crippen LogP contribution in [-0.2, 0) is 0 Å². The minimum Gasteiger partial charge on any atom is -0.455 e. The van der Waals surface area contributed by atoms with Crippen LogP contribution in [0, 0.1) is 0 Å². The van der Waals surface area contributed by atoms with Gasteiger partial charge in [-0.15, -0.1) is 0 Å². The lowest BCUT2D eigenvalue weighted by molar-refractivity contribution is 0.673. The molecule has 5 rings (SSSR count). The van der Waals surface area contributed by atoms with Gasteiger partial charge in [-0.25, -0.2) is 0 Å². The van der Waals surface area contributed by atoms with E-state index in [-0.39, 0.29) is 0 Å². The van der Waals surface area contributed by atoms with Gasteiger partial charge in [-0.1, -0.05) is 66.2 Å². The predicted octanol–water partition coefficient (Wildman–Crippen LogP) is 6.55. The maximum atomic E-state index is 8.43. The zero-order chi connectivity index (χ0) is 16.4. The second-order valence-corrected chi connectivity index (χ2v) is 5.75. The summed E-state index contributed by atoms with van der Waals surface area (Å²) in [4.78, 5) is 0. The van der Waals surface area contributed by atoms with Crippen LogP contribution in [0.4, 0.5) is 0 Å². The molecule has 0 amide bonds. The first-order valence-electron chi connectivity index (χ1n) is 8.08. The second-order valence-electron chi connectivity index (χ2n) is 5.37. The van der Waals surface area contributed by atoms with E-state index in [4.69, 9.17) is 18.8 Å². The summed E-state index contributed by atoms with van der Waals surface area (Å²) in [6.45, 7) is 0. The first kappa shape index (κ1) is 10.3. The Balaban J connectivity index is 2.20. The highest BCUT2D eigenvalue weighted by atomic mass is 35.5. The van der Waals surface area contributed by atoms with Crippen molar-refractivity contribution in [1.82, 2.24) is 0 Å². The van der Waals surface area contributed by atoms with Crippen LogP contribution in [0.5, 0.6) is 0 Å². The predicted molar refractivity (Wildman–Crippen MR) is 93.7 cm³/mol. The molecule has 1 heterocycles. The molecule has 0 aliphatic heterocycles. The molecule has 0 aliphatic rings. The molecule has 0 aliphatic carbocycles. The van der Waals surface area contributed by atoms with E-state index >= 15 is 0 Å². The highest BCUT2D eigenvalue weighted by molar-refractivity contribution is 6.41. The van der Waals surface area contributed by atoms with E-state index < -0.39 is 0 Å². The first-order valence-corrected chi connectivity index (χ1v) is 7.46. The third-order valence-electron chi connectivity index (χ3n) is 4.13. The summed E-state index contributed by atoms with van der Waals surface area (Å²) >= 11 is 6.57. The van der Waals surface area contributed by atoms with Crippen LogP contribution in [0.2, 0.25) is 5.02 Å². The van der Waals surface area contributed by atoms with Crippen molar-refractivity contribution in [3.63, 3.8) is 0 Å². The van der Waals surface area contributed by atoms with Gasteiger partial charge in [0.15, 0.2) is 0 Å². The van der Waals surface area contributed by atoms with Gasteiger partial charge < -0.3 is 4.42 Å². The molecular weight excluding hydrogens is 292 g/mol. The highest BCUT2D eigenvalue weighted by Crippen LogP contribution is 2.41. The monoisotopic (exact) mass is 304 g/mol. The topological polar surface area (TPSA) is 13.1 Å². The lowest BCUT2D eigenvalue weighted by Gasteiger charge is -2.02. The number of hydrogen-bond acceptors (Lipinski definition) is 1. The van der Waals surface area contributed by atoms with Crippen LogP contribution >= 0.6 is 11.6 Å². The van der Waals surface area contributed by atoms with Crippen molar-refractivity contribution in [1.29, 1.82) is 0 Å². The maximum Gasteiger partial charge on any atom is 0.144 e. The van der Waals surface area contributed by atoms with Gasteiger partial charge in [0.2, 0.25) is 0 Å². The molecule has 0 radical (unpaired) electrons. The quantitative estimate of drug-likeness (QED) is 0.316. The Kier molecular flexibility index (Phi) is 1.98. The third-order valence-corrected chi connectivity index (χ3v) is 4.42. The van der Waals surface area contributed by atoms with Gasteiger partial charge in [0.1, 0.15) is 11.2 Å². The minimum atomic E-state index is 0.293. The van der Waals surface area contributed by atoms with Crippen LogP contribution < -0.4 is 0 Å². The highest BCUT2D eigenvalue weighted by Gasteiger charge is 2.15. The zero-order valence-electron chi connectivity index (χ0n) is 13.5. The lowest BCUT2D eigenvalue weighted by Crippen LogP contribution is -1.77. The van der Waals surface area contributed by atoms with E-state index in [1.165, 1.54) is 0 Å². The molecular formula is C20H11ClO. The number of halogens is 1. The molecule has 0 N–H and O–H groups in total. The van der Waals surface area contributed by atoms with E-state index in [9.17, 15) is 0 Å². The third kappa shape index (κ3) is 1.49. The van der Waals surface area contributed by atoms with E-state index in [0.29, 0.717) is 28.3 Å². The van der Waals surface area contributed by atoms with Crippen LogP contribution in [0.3, 0.4) is 0 Å². The van der Waals surface area contributed by atoms with Gasteiger partial charge in [-0.05, 0) is 28.2 Å². The summed E-state index contributed by atoms with van der Waals surface area (Å²) in [6.07, 6.45) is 0. The normalized spacial score (nSPS) is 13.1. The molecule has 22 heavy (non-hydrogen) atoms. The SMILES string of the molecule is [2H]c1c(Cl)c2c(oc3c([2H])cc4ccccc4c32)c2ccccc12. The standard InChI is InChI=1S/C20H11ClO/c21-16-11-13-6-2-4-8-15(13)20-19(16)18-14-7-3-1-5-12(14)9-10-17(18)22-20/h1-11H/i10D,11D. The summed E-state index contributed by atoms with van der Waals surface area (Å²) < 4.78 is 22.8. The Morgan fingerprint density at radius 1 is 0.818 bits per heavy atom. The fraction of sp³-hybridized carbons (Fsp3) is 0. The van der Waals surface area contributed by atoms with Gasteiger partial charge in [0, 0.05) is 16.2 Å². The summed E-state index contributed by atoms with van der Waals surface area (Å²) in [7, 11) is 0. The van der Waals surface area contributed by atoms with Crippen LogP contribution in [0.15, 0.2) is 71.1 Å². The van der Waals surface area contributed by atoms with Crippen molar-refractivity contribution >= 4 is 55.1 Å². The Labute approximate surface area is 134 Å². The molecule has 0 unspecified atom stereocenters. The van der Waals surface area contributed by atoms with Gasteiger partial charge in [0.25, 0.3) is 0 Å². The Bertz CT molecular complexity index is 1290. The van der Waals surface area contributed by atoms with Crippen LogP contribution in [0.1, 0.15) is 2.74 Å². The smallest absolute Gasteiger partial charge is 0.144 e. The summed E-state index contributed by atoms with van der Waals surface area (Å²) in [6, 6.07) is 17.9. The Morgan fingerprint density at radius 2 is 1.55 bits per heavy atom. The molecule has 4 aromatic carbocycles. The molecule has 0 atom stereocenters. The van der Waals surface area contributed by atoms with Gasteiger partial charge >= 0.3 is 0 Å². The van der Waals surface area contributed by atoms with E-state index in [1.807, 2.05) is 48.5 Å². The van der Waals surface area contributed by atoms with Crippen molar-refractivity contribution in [2.75, 3.05) is 0 Å². The van der Waals surface area contributed by atoms with Gasteiger partial charge in [0.05, 0.1) is 7.76 Å². The number of furan rings is 1. The van der Waals surface area contributed by atoms with Gasteiger partial charge in [-0.3, -0.25) is 0 Å². The van der Waals surface area contributed by atoms with E-state index in [2.05, 4.69) is 0 Å². The number of rotatable bonds is 0. The molecule has 0 fully saturated rings. The maximum absolute atomic E-state index is 8.43. The molecule has 2 heteroatoms. The van der Waals surface area contributed by atoms with Crippen LogP contribution in [0.25, 0.3) is 43.5 Å². The molecule has 104 valence electrons. The molecule has 1 nitrogen and oxygen atoms in total. The number of hydrogen-bond donors (Lipinski definition) is 0. The summed E-state index contributed by atoms with van der Waals surface area (Å²) in [5.74, 6) is 0. The largest absolute Gasteiger partial charge is 0.455 e. The summed E-state index contributed by atoms with van der Waals surface area (Å²) in [5.41, 5.74) is 1.16. The number of fused-ring (bicyclic) bond motifs is 7. The molecule has 0 saturated carbocycles. The molecule has 1 aromatic heterocycles. The van der Waals surface area contributed by atoms with Crippen molar-refractivity contribution in [2.24, 2.45) is 0 Å². The molecule has 0 saturated heterocycles. The Hall–Kier alpha value is -2.51. The van der Waals surface area contributed by atoms with Crippen molar-refractivity contribution < 1.29 is 7.16 Å². The Morgan fingerprint density at radius 3 is 2.41 bits per heavy atom. The second kappa shape index (κ2) is 4.25. The summed E-state index contributed by atoms with van der Waals surface area (Å²) in [5, 5.41) is 5.47. The van der Waals surface area contributed by atoms with Crippen molar-refractivity contribution in [3.05, 3.63) is 71.7 Å². The average Bonchev–Trinajstić information content (AvgIpc) is 3.02. The molecule has 0 spiro atoms. The van der Waals surface area contributed by atoms with Gasteiger partial charge in [-0.2, -0.15) is 0 Å². The van der Waals surface area contributed by atoms with Crippen molar-refractivity contribution in [3.8, 4) is 0 Å². The van der Waals surface area contributed by atoms with E-state index in [0.717, 1.165) is 32.3 Å². The molecule has 0 bridgehead atoms. The fourth-order valence-electron chi connectivity index (χ4n) is 3.15. The minimum absolute atomic E-state index is 0.293. The average molecular weight is 305 g/mol. The zero-order valence-corrected chi connectivity index (χ0v) is 12.2.